The lowest BCUT2D eigenvalue weighted by Crippen LogP contribution is -2.30. The molecule has 0 radical (unpaired) electrons. The molecular weight excluding hydrogens is 336 g/mol. The van der Waals surface area contributed by atoms with Crippen LogP contribution < -0.4 is 9.47 Å². The smallest absolute Gasteiger partial charge is 0.188 e. The molecule has 6 heteroatoms. The molecule has 0 N–H and O–H groups in total. The fraction of sp³-hybridized carbons (Fsp3) is 0.350. The Morgan fingerprint density at radius 3 is 2.15 bits per heavy atom. The van der Waals surface area contributed by atoms with Crippen molar-refractivity contribution in [3.63, 3.8) is 0 Å². The van der Waals surface area contributed by atoms with E-state index in [1.165, 1.54) is 21.3 Å². The summed E-state index contributed by atoms with van der Waals surface area (Å²) >= 11 is 0. The van der Waals surface area contributed by atoms with Crippen molar-refractivity contribution in [1.82, 2.24) is 0 Å². The number of benzene rings is 2. The maximum Gasteiger partial charge on any atom is 0.188 e. The summed E-state index contributed by atoms with van der Waals surface area (Å²) in [5.41, 5.74) is 1.19. The second-order valence-corrected chi connectivity index (χ2v) is 5.50. The van der Waals surface area contributed by atoms with Crippen molar-refractivity contribution >= 4 is 5.78 Å². The lowest BCUT2D eigenvalue weighted by molar-refractivity contribution is -0.110. The Morgan fingerprint density at radius 2 is 1.58 bits per heavy atom. The summed E-state index contributed by atoms with van der Waals surface area (Å²) in [5.74, 6) is 0.317. The number of rotatable bonds is 10. The molecule has 0 saturated heterocycles. The standard InChI is InChI=1S/C20H24O6/c1-22-13-26-17-8-6-5-7-16(17)19(21)18(20(24-3)25-4)14-9-11-15(23-2)12-10-14/h5-12,18,20H,13H2,1-4H3. The van der Waals surface area contributed by atoms with E-state index in [1.807, 2.05) is 12.1 Å². The fourth-order valence-corrected chi connectivity index (χ4v) is 2.70. The van der Waals surface area contributed by atoms with Gasteiger partial charge in [-0.1, -0.05) is 24.3 Å². The Morgan fingerprint density at radius 1 is 0.923 bits per heavy atom. The van der Waals surface area contributed by atoms with Gasteiger partial charge in [-0.2, -0.15) is 0 Å². The topological polar surface area (TPSA) is 63.2 Å². The molecule has 0 aliphatic carbocycles. The maximum atomic E-state index is 13.3. The highest BCUT2D eigenvalue weighted by Gasteiger charge is 2.32. The van der Waals surface area contributed by atoms with Crippen molar-refractivity contribution in [2.24, 2.45) is 0 Å². The number of methoxy groups -OCH3 is 4. The van der Waals surface area contributed by atoms with E-state index in [0.29, 0.717) is 17.1 Å². The lowest BCUT2D eigenvalue weighted by Gasteiger charge is -2.25. The van der Waals surface area contributed by atoms with E-state index in [-0.39, 0.29) is 12.6 Å². The Labute approximate surface area is 153 Å². The van der Waals surface area contributed by atoms with E-state index < -0.39 is 12.2 Å². The van der Waals surface area contributed by atoms with Crippen LogP contribution in [0.4, 0.5) is 0 Å². The van der Waals surface area contributed by atoms with Crippen LogP contribution in [0.5, 0.6) is 11.5 Å². The van der Waals surface area contributed by atoms with Crippen LogP contribution in [-0.2, 0) is 14.2 Å². The molecule has 1 unspecified atom stereocenters. The minimum absolute atomic E-state index is 0.0511. The Bertz CT molecular complexity index is 694. The first-order chi connectivity index (χ1) is 12.7. The second kappa shape index (κ2) is 9.91. The van der Waals surface area contributed by atoms with Gasteiger partial charge in [-0.05, 0) is 29.8 Å². The number of ketones is 1. The molecule has 0 saturated carbocycles. The summed E-state index contributed by atoms with van der Waals surface area (Å²) in [6, 6.07) is 14.3. The number of hydrogen-bond acceptors (Lipinski definition) is 6. The average Bonchev–Trinajstić information content (AvgIpc) is 2.70. The van der Waals surface area contributed by atoms with Gasteiger partial charge in [-0.25, -0.2) is 0 Å². The highest BCUT2D eigenvalue weighted by Crippen LogP contribution is 2.31. The van der Waals surface area contributed by atoms with Crippen LogP contribution in [0.2, 0.25) is 0 Å². The quantitative estimate of drug-likeness (QED) is 0.479. The van der Waals surface area contributed by atoms with Gasteiger partial charge in [0.05, 0.1) is 18.6 Å². The minimum atomic E-state index is -0.744. The van der Waals surface area contributed by atoms with Crippen LogP contribution in [0.1, 0.15) is 21.8 Å². The summed E-state index contributed by atoms with van der Waals surface area (Å²) < 4.78 is 26.5. The van der Waals surface area contributed by atoms with Gasteiger partial charge in [0.2, 0.25) is 0 Å². The van der Waals surface area contributed by atoms with Crippen molar-refractivity contribution in [3.05, 3.63) is 59.7 Å². The molecular formula is C20H24O6. The molecule has 2 aromatic carbocycles. The van der Waals surface area contributed by atoms with Crippen LogP contribution in [-0.4, -0.2) is 47.3 Å². The van der Waals surface area contributed by atoms with E-state index in [0.717, 1.165) is 5.56 Å². The molecule has 26 heavy (non-hydrogen) atoms. The number of Topliss-reactive ketones (excluding diaryl/α,β-unsaturated/α-hetero) is 1. The zero-order chi connectivity index (χ0) is 18.9. The Hall–Kier alpha value is -2.41. The third-order valence-corrected chi connectivity index (χ3v) is 3.98. The van der Waals surface area contributed by atoms with Crippen molar-refractivity contribution in [3.8, 4) is 11.5 Å². The highest BCUT2D eigenvalue weighted by molar-refractivity contribution is 6.03. The Balaban J connectivity index is 2.43. The molecule has 2 rings (SSSR count). The molecule has 1 atom stereocenters. The van der Waals surface area contributed by atoms with Crippen LogP contribution in [0.25, 0.3) is 0 Å². The predicted molar refractivity (Wildman–Crippen MR) is 96.8 cm³/mol. The van der Waals surface area contributed by atoms with E-state index in [1.54, 1.807) is 43.5 Å². The molecule has 0 aromatic heterocycles. The van der Waals surface area contributed by atoms with E-state index in [9.17, 15) is 4.79 Å². The summed E-state index contributed by atoms with van der Waals surface area (Å²) in [5, 5.41) is 0. The van der Waals surface area contributed by atoms with Gasteiger partial charge in [-0.3, -0.25) is 4.79 Å². The average molecular weight is 360 g/mol. The third kappa shape index (κ3) is 4.60. The summed E-state index contributed by atoms with van der Waals surface area (Å²) in [4.78, 5) is 13.3. The minimum Gasteiger partial charge on any atom is -0.497 e. The van der Waals surface area contributed by atoms with Gasteiger partial charge in [0.25, 0.3) is 0 Å². The van der Waals surface area contributed by atoms with Crippen molar-refractivity contribution in [2.75, 3.05) is 35.2 Å². The van der Waals surface area contributed by atoms with Gasteiger partial charge in [0.1, 0.15) is 11.5 Å². The number of para-hydroxylation sites is 1. The molecule has 2 aromatic rings. The van der Waals surface area contributed by atoms with Crippen molar-refractivity contribution in [1.29, 1.82) is 0 Å². The molecule has 0 aliphatic heterocycles. The first kappa shape index (κ1) is 19.9. The number of carbonyl (C=O) groups excluding carboxylic acids is 1. The molecule has 0 bridgehead atoms. The van der Waals surface area contributed by atoms with Crippen LogP contribution in [0.15, 0.2) is 48.5 Å². The predicted octanol–water partition coefficient (Wildman–Crippen LogP) is 3.26. The second-order valence-electron chi connectivity index (χ2n) is 5.50. The molecule has 0 spiro atoms. The summed E-state index contributed by atoms with van der Waals surface area (Å²) in [6.45, 7) is 0.0511. The molecule has 0 amide bonds. The highest BCUT2D eigenvalue weighted by atomic mass is 16.7. The van der Waals surface area contributed by atoms with E-state index in [4.69, 9.17) is 23.7 Å². The number of ether oxygens (including phenoxy) is 5. The molecule has 140 valence electrons. The normalized spacial score (nSPS) is 12.0. The van der Waals surface area contributed by atoms with Crippen molar-refractivity contribution in [2.45, 2.75) is 12.2 Å². The van der Waals surface area contributed by atoms with Crippen LogP contribution >= 0.6 is 0 Å². The summed E-state index contributed by atoms with van der Waals surface area (Å²) in [7, 11) is 6.13. The van der Waals surface area contributed by atoms with Gasteiger partial charge < -0.3 is 23.7 Å². The molecule has 0 fully saturated rings. The van der Waals surface area contributed by atoms with Crippen molar-refractivity contribution < 1.29 is 28.5 Å². The zero-order valence-corrected chi connectivity index (χ0v) is 15.4. The van der Waals surface area contributed by atoms with Crippen LogP contribution in [0.3, 0.4) is 0 Å². The maximum absolute atomic E-state index is 13.3. The largest absolute Gasteiger partial charge is 0.497 e. The zero-order valence-electron chi connectivity index (χ0n) is 15.4. The first-order valence-electron chi connectivity index (χ1n) is 8.10. The first-order valence-corrected chi connectivity index (χ1v) is 8.10. The van der Waals surface area contributed by atoms with Gasteiger partial charge >= 0.3 is 0 Å². The van der Waals surface area contributed by atoms with Gasteiger partial charge in [-0.15, -0.1) is 0 Å². The van der Waals surface area contributed by atoms with E-state index in [2.05, 4.69) is 0 Å². The lowest BCUT2D eigenvalue weighted by atomic mass is 9.89. The van der Waals surface area contributed by atoms with E-state index >= 15 is 0 Å². The Kier molecular flexibility index (Phi) is 7.59. The number of carbonyl (C=O) groups is 1. The van der Waals surface area contributed by atoms with Gasteiger partial charge in [0, 0.05) is 21.3 Å². The monoisotopic (exact) mass is 360 g/mol. The molecule has 0 heterocycles. The third-order valence-electron chi connectivity index (χ3n) is 3.98. The van der Waals surface area contributed by atoms with Gasteiger partial charge in [0.15, 0.2) is 18.9 Å². The molecule has 0 aliphatic rings. The fourth-order valence-electron chi connectivity index (χ4n) is 2.70. The summed E-state index contributed by atoms with van der Waals surface area (Å²) in [6.07, 6.45) is -0.744. The molecule has 6 nitrogen and oxygen atoms in total. The van der Waals surface area contributed by atoms with Crippen LogP contribution in [0, 0.1) is 0 Å². The number of hydrogen-bond donors (Lipinski definition) is 0. The SMILES string of the molecule is COCOc1ccccc1C(=O)C(c1ccc(OC)cc1)C(OC)OC.